The number of anilines is 1. The molecule has 34 heavy (non-hydrogen) atoms. The zero-order valence-electron chi connectivity index (χ0n) is 18.3. The van der Waals surface area contributed by atoms with Crippen molar-refractivity contribution in [3.8, 4) is 0 Å². The number of benzene rings is 2. The van der Waals surface area contributed by atoms with Crippen LogP contribution in [0.5, 0.6) is 0 Å². The fraction of sp³-hybridized carbons (Fsp3) is 0.348. The summed E-state index contributed by atoms with van der Waals surface area (Å²) in [6.07, 6.45) is -4.60. The number of fused-ring (bicyclic) bond motifs is 1. The third-order valence-electron chi connectivity index (χ3n) is 5.90. The highest BCUT2D eigenvalue weighted by atomic mass is 35.5. The number of nitrogens with zero attached hydrogens (tertiary/aromatic N) is 3. The molecule has 1 saturated heterocycles. The predicted molar refractivity (Wildman–Crippen MR) is 124 cm³/mol. The van der Waals surface area contributed by atoms with E-state index < -0.39 is 22.7 Å². The molecular formula is C23H23ClF3N5O2. The molecule has 1 aliphatic heterocycles. The van der Waals surface area contributed by atoms with E-state index in [2.05, 4.69) is 20.2 Å². The lowest BCUT2D eigenvalue weighted by Crippen LogP contribution is -2.49. The minimum Gasteiger partial charge on any atom is -0.325 e. The van der Waals surface area contributed by atoms with Crippen molar-refractivity contribution >= 4 is 34.1 Å². The van der Waals surface area contributed by atoms with E-state index in [9.17, 15) is 22.8 Å². The van der Waals surface area contributed by atoms with Gasteiger partial charge < -0.3 is 10.3 Å². The van der Waals surface area contributed by atoms with Crippen LogP contribution in [-0.2, 0) is 11.0 Å². The van der Waals surface area contributed by atoms with Crippen LogP contribution < -0.4 is 10.9 Å². The fourth-order valence-corrected chi connectivity index (χ4v) is 4.23. The summed E-state index contributed by atoms with van der Waals surface area (Å²) in [5, 5.41) is 2.63. The average Bonchev–Trinajstić information content (AvgIpc) is 2.79. The molecule has 2 aromatic carbocycles. The molecule has 1 fully saturated rings. The van der Waals surface area contributed by atoms with Crippen molar-refractivity contribution in [1.29, 1.82) is 0 Å². The number of aromatic amines is 1. The number of H-pyrrole nitrogens is 1. The summed E-state index contributed by atoms with van der Waals surface area (Å²) < 4.78 is 39.1. The number of rotatable bonds is 5. The molecule has 3 aromatic rings. The molecule has 1 atom stereocenters. The maximum atomic E-state index is 13.0. The number of alkyl halides is 3. The molecule has 4 rings (SSSR count). The Bertz CT molecular complexity index is 1260. The molecule has 1 aromatic heterocycles. The molecule has 0 unspecified atom stereocenters. The second kappa shape index (κ2) is 9.73. The summed E-state index contributed by atoms with van der Waals surface area (Å²) in [6.45, 7) is 4.48. The SMILES string of the molecule is C[C@H](c1nc2ccccc2c(=O)[nH]1)N1CCN(CC(=O)Nc2ccc(Cl)c(C(F)(F)F)c2)CC1. The zero-order chi connectivity index (χ0) is 24.5. The lowest BCUT2D eigenvalue weighted by molar-refractivity contribution is -0.137. The fourth-order valence-electron chi connectivity index (χ4n) is 4.01. The first kappa shape index (κ1) is 24.2. The molecule has 0 bridgehead atoms. The third kappa shape index (κ3) is 5.40. The Morgan fingerprint density at radius 3 is 2.59 bits per heavy atom. The van der Waals surface area contributed by atoms with E-state index in [4.69, 9.17) is 11.6 Å². The lowest BCUT2D eigenvalue weighted by atomic mass is 10.2. The summed E-state index contributed by atoms with van der Waals surface area (Å²) >= 11 is 5.62. The number of aromatic nitrogens is 2. The Morgan fingerprint density at radius 1 is 1.18 bits per heavy atom. The number of hydrogen-bond acceptors (Lipinski definition) is 5. The van der Waals surface area contributed by atoms with Crippen LogP contribution in [0, 0.1) is 0 Å². The molecular weight excluding hydrogens is 471 g/mol. The van der Waals surface area contributed by atoms with Crippen LogP contribution >= 0.6 is 11.6 Å². The van der Waals surface area contributed by atoms with Crippen molar-refractivity contribution in [1.82, 2.24) is 19.8 Å². The van der Waals surface area contributed by atoms with Gasteiger partial charge in [0.1, 0.15) is 5.82 Å². The Labute approximate surface area is 198 Å². The Hall–Kier alpha value is -2.95. The van der Waals surface area contributed by atoms with Crippen LogP contribution in [0.3, 0.4) is 0 Å². The summed E-state index contributed by atoms with van der Waals surface area (Å²) in [5.74, 6) is 0.176. The van der Waals surface area contributed by atoms with E-state index in [0.717, 1.165) is 12.1 Å². The highest BCUT2D eigenvalue weighted by Crippen LogP contribution is 2.36. The van der Waals surface area contributed by atoms with Gasteiger partial charge in [-0.05, 0) is 37.3 Å². The first-order valence-electron chi connectivity index (χ1n) is 10.7. The standard InChI is InChI=1S/C23H23ClF3N5O2/c1-14(21-29-19-5-3-2-4-16(19)22(34)30-21)32-10-8-31(9-11-32)13-20(33)28-15-6-7-18(24)17(12-15)23(25,26)27/h2-7,12,14H,8-11,13H2,1H3,(H,28,33)(H,29,30,34)/t14-/m1/s1. The van der Waals surface area contributed by atoms with E-state index in [1.807, 2.05) is 17.9 Å². The molecule has 2 N–H and O–H groups in total. The number of carbonyl (C=O) groups is 1. The van der Waals surface area contributed by atoms with Gasteiger partial charge in [-0.25, -0.2) is 4.98 Å². The van der Waals surface area contributed by atoms with Crippen molar-refractivity contribution in [3.05, 3.63) is 69.2 Å². The van der Waals surface area contributed by atoms with Crippen LogP contribution in [-0.4, -0.2) is 58.4 Å². The second-order valence-corrected chi connectivity index (χ2v) is 8.60. The molecule has 11 heteroatoms. The third-order valence-corrected chi connectivity index (χ3v) is 6.23. The molecule has 180 valence electrons. The summed E-state index contributed by atoms with van der Waals surface area (Å²) in [4.78, 5) is 36.3. The first-order valence-corrected chi connectivity index (χ1v) is 11.1. The predicted octanol–water partition coefficient (Wildman–Crippen LogP) is 3.91. The van der Waals surface area contributed by atoms with Gasteiger partial charge in [-0.15, -0.1) is 0 Å². The molecule has 0 saturated carbocycles. The first-order chi connectivity index (χ1) is 16.1. The van der Waals surface area contributed by atoms with E-state index in [-0.39, 0.29) is 23.8 Å². The van der Waals surface area contributed by atoms with Gasteiger partial charge in [0.15, 0.2) is 0 Å². The topological polar surface area (TPSA) is 81.3 Å². The Morgan fingerprint density at radius 2 is 1.88 bits per heavy atom. The number of amides is 1. The number of hydrogen-bond donors (Lipinski definition) is 2. The van der Waals surface area contributed by atoms with Crippen LogP contribution in [0.2, 0.25) is 5.02 Å². The van der Waals surface area contributed by atoms with E-state index in [0.29, 0.717) is 42.9 Å². The largest absolute Gasteiger partial charge is 0.417 e. The van der Waals surface area contributed by atoms with Gasteiger partial charge in [0.25, 0.3) is 5.56 Å². The van der Waals surface area contributed by atoms with Gasteiger partial charge in [0, 0.05) is 31.9 Å². The number of para-hydroxylation sites is 1. The maximum Gasteiger partial charge on any atom is 0.417 e. The summed E-state index contributed by atoms with van der Waals surface area (Å²) in [6, 6.07) is 10.3. The Kier molecular flexibility index (Phi) is 6.92. The van der Waals surface area contributed by atoms with Gasteiger partial charge in [-0.2, -0.15) is 13.2 Å². The smallest absolute Gasteiger partial charge is 0.325 e. The number of carbonyl (C=O) groups excluding carboxylic acids is 1. The van der Waals surface area contributed by atoms with Crippen LogP contribution in [0.1, 0.15) is 24.4 Å². The lowest BCUT2D eigenvalue weighted by Gasteiger charge is -2.37. The molecule has 1 aliphatic rings. The second-order valence-electron chi connectivity index (χ2n) is 8.20. The van der Waals surface area contributed by atoms with Gasteiger partial charge in [0.05, 0.1) is 34.1 Å². The molecule has 0 aliphatic carbocycles. The van der Waals surface area contributed by atoms with E-state index >= 15 is 0 Å². The minimum absolute atomic E-state index is 0.0420. The van der Waals surface area contributed by atoms with E-state index in [1.54, 1.807) is 18.2 Å². The van der Waals surface area contributed by atoms with Gasteiger partial charge >= 0.3 is 6.18 Å². The highest BCUT2D eigenvalue weighted by molar-refractivity contribution is 6.31. The van der Waals surface area contributed by atoms with Crippen LogP contribution in [0.25, 0.3) is 10.9 Å². The summed E-state index contributed by atoms with van der Waals surface area (Å²) in [5.41, 5.74) is -0.492. The minimum atomic E-state index is -4.60. The van der Waals surface area contributed by atoms with Crippen molar-refractivity contribution in [2.24, 2.45) is 0 Å². The molecule has 1 amide bonds. The highest BCUT2D eigenvalue weighted by Gasteiger charge is 2.33. The summed E-state index contributed by atoms with van der Waals surface area (Å²) in [7, 11) is 0. The molecule has 0 spiro atoms. The monoisotopic (exact) mass is 493 g/mol. The van der Waals surface area contributed by atoms with Crippen molar-refractivity contribution in [3.63, 3.8) is 0 Å². The van der Waals surface area contributed by atoms with Crippen LogP contribution in [0.15, 0.2) is 47.3 Å². The normalized spacial score (nSPS) is 16.5. The van der Waals surface area contributed by atoms with Crippen LogP contribution in [0.4, 0.5) is 18.9 Å². The molecule has 2 heterocycles. The Balaban J connectivity index is 1.33. The van der Waals surface area contributed by atoms with E-state index in [1.165, 1.54) is 6.07 Å². The van der Waals surface area contributed by atoms with Gasteiger partial charge in [0.2, 0.25) is 5.91 Å². The van der Waals surface area contributed by atoms with Crippen molar-refractivity contribution in [2.75, 3.05) is 38.0 Å². The zero-order valence-corrected chi connectivity index (χ0v) is 19.1. The average molecular weight is 494 g/mol. The maximum absolute atomic E-state index is 13.0. The van der Waals surface area contributed by atoms with Gasteiger partial charge in [-0.1, -0.05) is 23.7 Å². The number of nitrogens with one attached hydrogen (secondary N) is 2. The molecule has 7 nitrogen and oxygen atoms in total. The van der Waals surface area contributed by atoms with Gasteiger partial charge in [-0.3, -0.25) is 19.4 Å². The van der Waals surface area contributed by atoms with Crippen molar-refractivity contribution in [2.45, 2.75) is 19.1 Å². The van der Waals surface area contributed by atoms with Crippen molar-refractivity contribution < 1.29 is 18.0 Å². The molecule has 0 radical (unpaired) electrons. The quantitative estimate of drug-likeness (QED) is 0.563. The number of halogens is 4. The number of piperazine rings is 1.